The molecule has 9 heteroatoms. The number of amides is 1. The molecule has 2 aliphatic heterocycles. The van der Waals surface area contributed by atoms with Crippen molar-refractivity contribution in [3.63, 3.8) is 0 Å². The van der Waals surface area contributed by atoms with Crippen molar-refractivity contribution < 1.29 is 32.9 Å². The van der Waals surface area contributed by atoms with Gasteiger partial charge in [0, 0.05) is 30.6 Å². The summed E-state index contributed by atoms with van der Waals surface area (Å²) in [4.78, 5) is 12.4. The van der Waals surface area contributed by atoms with E-state index in [1.807, 2.05) is 0 Å². The number of rotatable bonds is 9. The molecular weight excluding hydrogens is 651 g/mol. The van der Waals surface area contributed by atoms with Crippen molar-refractivity contribution in [2.24, 2.45) is 75.9 Å². The molecule has 11 unspecified atom stereocenters. The van der Waals surface area contributed by atoms with Crippen molar-refractivity contribution in [2.45, 2.75) is 162 Å². The maximum atomic E-state index is 12.4. The van der Waals surface area contributed by atoms with Crippen LogP contribution in [0, 0.1) is 75.9 Å². The monoisotopic (exact) mass is 718 g/mol. The van der Waals surface area contributed by atoms with E-state index >= 15 is 0 Å². The number of fused-ring (bicyclic) bond motifs is 5. The number of hydrogen-bond acceptors (Lipinski definition) is 7. The minimum Gasteiger partial charge on any atom is -0.772 e. The van der Waals surface area contributed by atoms with Gasteiger partial charge < -0.3 is 29.2 Å². The number of aliphatic hydroxyl groups is 1. The number of carbonyl (C=O) groups is 1. The molecule has 2 N–H and O–H groups in total. The molecule has 0 aromatic carbocycles. The van der Waals surface area contributed by atoms with Crippen LogP contribution in [0.3, 0.4) is 0 Å². The third-order valence-electron chi connectivity index (χ3n) is 16.8. The summed E-state index contributed by atoms with van der Waals surface area (Å²) < 4.78 is 42.0. The van der Waals surface area contributed by atoms with Gasteiger partial charge in [-0.05, 0) is 148 Å². The van der Waals surface area contributed by atoms with E-state index in [1.54, 1.807) is 0 Å². The molecule has 7 aliphatic rings. The standard InChI is InChI=1S/C41H69NO7S/c1-23-7-10-30-26(4)38(49-39-36(30)29(23)11-9-25(3)47-39)48-28-15-17-40(5)27(21-28)22-34(43)37-32-13-12-31(41(32,6)18-16-33(37)40)24(2)8-14-35(44)42-19-20-50(45)46/h23-34,36-39,43H,7-22H2,1-6H3,(H,42,44)(H,45,46)/p-1/t23-,24-,25+,26-,27?,28-,29?,30?,31?,32?,33?,34+,36?,37?,38?,39?,40+,41-/m1/s1. The topological polar surface area (TPSA) is 117 Å². The van der Waals surface area contributed by atoms with Gasteiger partial charge in [-0.25, -0.2) is 0 Å². The Labute approximate surface area is 305 Å². The minimum atomic E-state index is -2.13. The van der Waals surface area contributed by atoms with Gasteiger partial charge in [0.1, 0.15) is 0 Å². The molecule has 5 aliphatic carbocycles. The lowest BCUT2D eigenvalue weighted by Crippen LogP contribution is -2.59. The second-order valence-corrected chi connectivity index (χ2v) is 20.2. The highest BCUT2D eigenvalue weighted by Gasteiger charge is 2.63. The Morgan fingerprint density at radius 2 is 1.68 bits per heavy atom. The van der Waals surface area contributed by atoms with E-state index in [0.717, 1.165) is 44.4 Å². The molecule has 1 amide bonds. The van der Waals surface area contributed by atoms with Gasteiger partial charge >= 0.3 is 0 Å². The molecule has 7 fully saturated rings. The summed E-state index contributed by atoms with van der Waals surface area (Å²) in [6.45, 7) is 14.6. The lowest BCUT2D eigenvalue weighted by atomic mass is 9.43. The average Bonchev–Trinajstić information content (AvgIpc) is 3.33. The Morgan fingerprint density at radius 1 is 0.940 bits per heavy atom. The predicted octanol–water partition coefficient (Wildman–Crippen LogP) is 7.21. The molecule has 0 aromatic rings. The van der Waals surface area contributed by atoms with E-state index in [1.165, 1.54) is 44.9 Å². The summed E-state index contributed by atoms with van der Waals surface area (Å²) in [6.07, 6.45) is 14.9. The molecule has 19 atom stereocenters. The third kappa shape index (κ3) is 6.93. The normalized spacial score (nSPS) is 51.2. The maximum absolute atomic E-state index is 12.4. The fourth-order valence-electron chi connectivity index (χ4n) is 14.0. The van der Waals surface area contributed by atoms with Crippen LogP contribution < -0.4 is 5.32 Å². The Balaban J connectivity index is 0.974. The largest absolute Gasteiger partial charge is 0.772 e. The summed E-state index contributed by atoms with van der Waals surface area (Å²) in [6, 6.07) is 0. The van der Waals surface area contributed by atoms with E-state index in [2.05, 4.69) is 46.9 Å². The third-order valence-corrected chi connectivity index (χ3v) is 17.3. The van der Waals surface area contributed by atoms with Crippen LogP contribution in [0.4, 0.5) is 0 Å². The first kappa shape index (κ1) is 37.7. The molecule has 50 heavy (non-hydrogen) atoms. The fourth-order valence-corrected chi connectivity index (χ4v) is 14.3. The minimum absolute atomic E-state index is 0.0357. The molecule has 2 saturated heterocycles. The van der Waals surface area contributed by atoms with Crippen LogP contribution in [-0.2, 0) is 30.1 Å². The summed E-state index contributed by atoms with van der Waals surface area (Å²) in [5.74, 6) is 5.69. The number of ether oxygens (including phenoxy) is 3. The summed E-state index contributed by atoms with van der Waals surface area (Å²) in [7, 11) is 0. The molecule has 2 heterocycles. The molecule has 0 aromatic heterocycles. The van der Waals surface area contributed by atoms with Gasteiger partial charge in [-0.3, -0.25) is 9.00 Å². The van der Waals surface area contributed by atoms with Gasteiger partial charge in [0.15, 0.2) is 12.6 Å². The van der Waals surface area contributed by atoms with E-state index in [0.29, 0.717) is 65.6 Å². The van der Waals surface area contributed by atoms with Crippen LogP contribution in [-0.4, -0.2) is 63.0 Å². The highest BCUT2D eigenvalue weighted by molar-refractivity contribution is 7.79. The maximum Gasteiger partial charge on any atom is 0.220 e. The average molecular weight is 719 g/mol. The van der Waals surface area contributed by atoms with Crippen molar-refractivity contribution in [1.82, 2.24) is 5.32 Å². The van der Waals surface area contributed by atoms with Gasteiger partial charge in [0.25, 0.3) is 0 Å². The van der Waals surface area contributed by atoms with Crippen molar-refractivity contribution in [3.8, 4) is 0 Å². The van der Waals surface area contributed by atoms with Crippen LogP contribution in [0.1, 0.15) is 131 Å². The molecular formula is C41H68NO7S-. The van der Waals surface area contributed by atoms with Crippen molar-refractivity contribution in [2.75, 3.05) is 12.3 Å². The summed E-state index contributed by atoms with van der Waals surface area (Å²) in [5, 5.41) is 14.8. The molecule has 5 saturated carbocycles. The molecule has 0 bridgehead atoms. The zero-order valence-corrected chi connectivity index (χ0v) is 32.7. The van der Waals surface area contributed by atoms with Crippen molar-refractivity contribution >= 4 is 17.0 Å². The van der Waals surface area contributed by atoms with Crippen LogP contribution in [0.2, 0.25) is 0 Å². The molecule has 0 spiro atoms. The predicted molar refractivity (Wildman–Crippen MR) is 193 cm³/mol. The quantitative estimate of drug-likeness (QED) is 0.191. The van der Waals surface area contributed by atoms with E-state index in [9.17, 15) is 18.7 Å². The van der Waals surface area contributed by atoms with Gasteiger partial charge in [-0.15, -0.1) is 0 Å². The van der Waals surface area contributed by atoms with Crippen LogP contribution in [0.25, 0.3) is 0 Å². The summed E-state index contributed by atoms with van der Waals surface area (Å²) >= 11 is -2.13. The van der Waals surface area contributed by atoms with Gasteiger partial charge in [0.05, 0.1) is 18.3 Å². The molecule has 0 radical (unpaired) electrons. The van der Waals surface area contributed by atoms with Crippen molar-refractivity contribution in [3.05, 3.63) is 0 Å². The Morgan fingerprint density at radius 3 is 2.46 bits per heavy atom. The number of nitrogens with one attached hydrogen (secondary N) is 1. The number of hydrogen-bond donors (Lipinski definition) is 2. The highest BCUT2D eigenvalue weighted by atomic mass is 32.2. The Hall–Kier alpha value is -0.580. The van der Waals surface area contributed by atoms with Crippen LogP contribution in [0.15, 0.2) is 0 Å². The van der Waals surface area contributed by atoms with E-state index < -0.39 is 11.1 Å². The molecule has 286 valence electrons. The zero-order valence-electron chi connectivity index (χ0n) is 31.9. The second-order valence-electron chi connectivity index (χ2n) is 19.1. The fraction of sp³-hybridized carbons (Fsp3) is 0.976. The van der Waals surface area contributed by atoms with Gasteiger partial charge in [0.2, 0.25) is 5.91 Å². The molecule has 8 nitrogen and oxygen atoms in total. The Bertz CT molecular complexity index is 1240. The lowest BCUT2D eigenvalue weighted by molar-refractivity contribution is -0.345. The van der Waals surface area contributed by atoms with Gasteiger partial charge in [-0.1, -0.05) is 52.1 Å². The van der Waals surface area contributed by atoms with E-state index in [4.69, 9.17) is 14.2 Å². The Kier molecular flexibility index (Phi) is 11.3. The van der Waals surface area contributed by atoms with E-state index in [-0.39, 0.29) is 59.9 Å². The number of carbonyl (C=O) groups excluding carboxylic acids is 1. The SMILES string of the molecule is C[C@H]1C(O[C@@H]2CC[C@@]3(C)C(C2)C[C@H](O)C2C3CC[C@@]3(C)C2CCC3[C@H](C)CCC(=O)NCCS(=O)[O-])OC2O[C@@H](C)CCC3C2C1CC[C@H]3C. The zero-order chi connectivity index (χ0) is 35.5. The van der Waals surface area contributed by atoms with Crippen LogP contribution in [0.5, 0.6) is 0 Å². The second kappa shape index (κ2) is 14.9. The van der Waals surface area contributed by atoms with Gasteiger partial charge in [-0.2, -0.15) is 0 Å². The summed E-state index contributed by atoms with van der Waals surface area (Å²) in [5.41, 5.74) is 0.429. The smallest absolute Gasteiger partial charge is 0.220 e. The van der Waals surface area contributed by atoms with Crippen LogP contribution >= 0.6 is 0 Å². The first-order valence-electron chi connectivity index (χ1n) is 20.8. The first-order chi connectivity index (χ1) is 23.8. The molecule has 7 rings (SSSR count). The lowest BCUT2D eigenvalue weighted by Gasteiger charge is -2.62. The highest BCUT2D eigenvalue weighted by Crippen LogP contribution is 2.68. The number of aliphatic hydroxyl groups excluding tert-OH is 1. The van der Waals surface area contributed by atoms with Crippen molar-refractivity contribution in [1.29, 1.82) is 0 Å². The first-order valence-corrected chi connectivity index (χ1v) is 22.0.